The molecule has 1 aliphatic rings. The molecular weight excluding hydrogens is 244 g/mol. The fourth-order valence-corrected chi connectivity index (χ4v) is 1.97. The largest absolute Gasteiger partial charge is 0.379 e. The van der Waals surface area contributed by atoms with E-state index in [1.54, 1.807) is 0 Å². The van der Waals surface area contributed by atoms with Crippen LogP contribution in [0.3, 0.4) is 0 Å². The number of hydrogen-bond acceptors (Lipinski definition) is 5. The first-order chi connectivity index (χ1) is 9.24. The lowest BCUT2D eigenvalue weighted by Crippen LogP contribution is -2.19. The van der Waals surface area contributed by atoms with Crippen LogP contribution in [0.1, 0.15) is 26.0 Å². The Morgan fingerprint density at radius 3 is 3.21 bits per heavy atom. The Morgan fingerprint density at radius 1 is 1.58 bits per heavy atom. The molecule has 19 heavy (non-hydrogen) atoms. The van der Waals surface area contributed by atoms with Gasteiger partial charge in [-0.3, -0.25) is 0 Å². The average Bonchev–Trinajstić information content (AvgIpc) is 3.00. The van der Waals surface area contributed by atoms with Crippen molar-refractivity contribution in [1.29, 1.82) is 0 Å². The van der Waals surface area contributed by atoms with Crippen molar-refractivity contribution in [3.8, 4) is 0 Å². The predicted molar refractivity (Wildman–Crippen MR) is 71.7 cm³/mol. The number of nitrogens with one attached hydrogen (secondary N) is 1. The van der Waals surface area contributed by atoms with Crippen molar-refractivity contribution in [3.05, 3.63) is 11.9 Å². The van der Waals surface area contributed by atoms with Gasteiger partial charge in [0.25, 0.3) is 0 Å². The third kappa shape index (κ3) is 5.26. The second kappa shape index (κ2) is 7.57. The molecule has 0 radical (unpaired) electrons. The minimum Gasteiger partial charge on any atom is -0.379 e. The molecule has 108 valence electrons. The molecular formula is C13H24N4O2. The standard InChI is InChI=1S/C13H24N4O2/c1-11(2)7-14-8-12-9-17(16-15-12)4-6-19-13-3-5-18-10-13/h9,11,13-14H,3-8,10H2,1-2H3. The van der Waals surface area contributed by atoms with E-state index in [2.05, 4.69) is 29.5 Å². The summed E-state index contributed by atoms with van der Waals surface area (Å²) >= 11 is 0. The Labute approximate surface area is 114 Å². The highest BCUT2D eigenvalue weighted by Gasteiger charge is 2.15. The first-order valence-electron chi connectivity index (χ1n) is 7.03. The minimum absolute atomic E-state index is 0.260. The van der Waals surface area contributed by atoms with Crippen LogP contribution in [0.5, 0.6) is 0 Å². The zero-order valence-electron chi connectivity index (χ0n) is 11.8. The van der Waals surface area contributed by atoms with E-state index in [0.29, 0.717) is 12.5 Å². The summed E-state index contributed by atoms with van der Waals surface area (Å²) in [6, 6.07) is 0. The maximum absolute atomic E-state index is 5.70. The van der Waals surface area contributed by atoms with Crippen molar-refractivity contribution in [3.63, 3.8) is 0 Å². The first-order valence-corrected chi connectivity index (χ1v) is 7.03. The molecule has 1 aromatic heterocycles. The van der Waals surface area contributed by atoms with Crippen LogP contribution in [0, 0.1) is 5.92 Å². The summed E-state index contributed by atoms with van der Waals surface area (Å²) in [5.41, 5.74) is 0.977. The average molecular weight is 268 g/mol. The van der Waals surface area contributed by atoms with Crippen LogP contribution in [-0.2, 0) is 22.6 Å². The topological polar surface area (TPSA) is 61.2 Å². The van der Waals surface area contributed by atoms with Crippen LogP contribution < -0.4 is 5.32 Å². The Morgan fingerprint density at radius 2 is 2.47 bits per heavy atom. The highest BCUT2D eigenvalue weighted by molar-refractivity contribution is 4.91. The molecule has 1 saturated heterocycles. The van der Waals surface area contributed by atoms with Crippen molar-refractivity contribution in [2.75, 3.05) is 26.4 Å². The van der Waals surface area contributed by atoms with E-state index in [1.807, 2.05) is 10.9 Å². The lowest BCUT2D eigenvalue weighted by Gasteiger charge is -2.08. The monoisotopic (exact) mass is 268 g/mol. The number of nitrogens with zero attached hydrogens (tertiary/aromatic N) is 3. The maximum Gasteiger partial charge on any atom is 0.0964 e. The molecule has 2 rings (SSSR count). The Kier molecular flexibility index (Phi) is 5.75. The van der Waals surface area contributed by atoms with E-state index in [-0.39, 0.29) is 6.10 Å². The molecule has 1 aliphatic heterocycles. The highest BCUT2D eigenvalue weighted by atomic mass is 16.5. The molecule has 0 aromatic carbocycles. The van der Waals surface area contributed by atoms with Crippen LogP contribution in [-0.4, -0.2) is 47.5 Å². The van der Waals surface area contributed by atoms with Gasteiger partial charge in [0.1, 0.15) is 0 Å². The van der Waals surface area contributed by atoms with Gasteiger partial charge in [0.2, 0.25) is 0 Å². The van der Waals surface area contributed by atoms with Crippen molar-refractivity contribution in [2.24, 2.45) is 5.92 Å². The van der Waals surface area contributed by atoms with Crippen LogP contribution in [0.15, 0.2) is 6.20 Å². The van der Waals surface area contributed by atoms with Crippen molar-refractivity contribution >= 4 is 0 Å². The molecule has 1 aromatic rings. The maximum atomic E-state index is 5.70. The number of aromatic nitrogens is 3. The van der Waals surface area contributed by atoms with Gasteiger partial charge in [-0.05, 0) is 18.9 Å². The van der Waals surface area contributed by atoms with Crippen molar-refractivity contribution in [2.45, 2.75) is 39.5 Å². The lowest BCUT2D eigenvalue weighted by molar-refractivity contribution is 0.0369. The highest BCUT2D eigenvalue weighted by Crippen LogP contribution is 2.07. The number of rotatable bonds is 8. The van der Waals surface area contributed by atoms with Gasteiger partial charge in [-0.15, -0.1) is 5.10 Å². The predicted octanol–water partition coefficient (Wildman–Crippen LogP) is 0.829. The molecule has 1 fully saturated rings. The van der Waals surface area contributed by atoms with Gasteiger partial charge >= 0.3 is 0 Å². The summed E-state index contributed by atoms with van der Waals surface area (Å²) in [4.78, 5) is 0. The molecule has 1 unspecified atom stereocenters. The summed E-state index contributed by atoms with van der Waals surface area (Å²) in [7, 11) is 0. The summed E-state index contributed by atoms with van der Waals surface area (Å²) in [6.07, 6.45) is 3.24. The van der Waals surface area contributed by atoms with E-state index in [9.17, 15) is 0 Å². The fourth-order valence-electron chi connectivity index (χ4n) is 1.97. The van der Waals surface area contributed by atoms with Crippen LogP contribution >= 0.6 is 0 Å². The smallest absolute Gasteiger partial charge is 0.0964 e. The molecule has 1 N–H and O–H groups in total. The molecule has 6 heteroatoms. The van der Waals surface area contributed by atoms with E-state index in [1.165, 1.54) is 0 Å². The second-order valence-electron chi connectivity index (χ2n) is 5.35. The molecule has 6 nitrogen and oxygen atoms in total. The Hall–Kier alpha value is -0.980. The van der Waals surface area contributed by atoms with E-state index in [0.717, 1.165) is 45.0 Å². The van der Waals surface area contributed by atoms with Gasteiger partial charge in [0.15, 0.2) is 0 Å². The summed E-state index contributed by atoms with van der Waals surface area (Å²) in [5, 5.41) is 11.6. The van der Waals surface area contributed by atoms with Gasteiger partial charge in [-0.25, -0.2) is 4.68 Å². The summed E-state index contributed by atoms with van der Waals surface area (Å²) in [5.74, 6) is 0.650. The van der Waals surface area contributed by atoms with Crippen molar-refractivity contribution < 1.29 is 9.47 Å². The van der Waals surface area contributed by atoms with Crippen LogP contribution in [0.2, 0.25) is 0 Å². The van der Waals surface area contributed by atoms with E-state index in [4.69, 9.17) is 9.47 Å². The van der Waals surface area contributed by atoms with Gasteiger partial charge in [0.05, 0.1) is 31.6 Å². The molecule has 0 amide bonds. The zero-order valence-corrected chi connectivity index (χ0v) is 11.8. The zero-order chi connectivity index (χ0) is 13.5. The van der Waals surface area contributed by atoms with Gasteiger partial charge in [0, 0.05) is 19.3 Å². The summed E-state index contributed by atoms with van der Waals surface area (Å²) < 4.78 is 12.8. The second-order valence-corrected chi connectivity index (χ2v) is 5.35. The molecule has 1 atom stereocenters. The van der Waals surface area contributed by atoms with Crippen molar-refractivity contribution in [1.82, 2.24) is 20.3 Å². The number of ether oxygens (including phenoxy) is 2. The van der Waals surface area contributed by atoms with Gasteiger partial charge in [-0.1, -0.05) is 19.1 Å². The first kappa shape index (κ1) is 14.4. The quantitative estimate of drug-likeness (QED) is 0.756. The SMILES string of the molecule is CC(C)CNCc1cn(CCOC2CCOC2)nn1. The third-order valence-corrected chi connectivity index (χ3v) is 3.01. The van der Waals surface area contributed by atoms with E-state index >= 15 is 0 Å². The van der Waals surface area contributed by atoms with Crippen LogP contribution in [0.25, 0.3) is 0 Å². The fraction of sp³-hybridized carbons (Fsp3) is 0.846. The van der Waals surface area contributed by atoms with E-state index < -0.39 is 0 Å². The summed E-state index contributed by atoms with van der Waals surface area (Å²) in [6.45, 7) is 9.10. The normalized spacial score (nSPS) is 19.4. The Bertz CT molecular complexity index is 361. The van der Waals surface area contributed by atoms with Gasteiger partial charge < -0.3 is 14.8 Å². The Balaban J connectivity index is 1.62. The molecule has 2 heterocycles. The molecule has 0 saturated carbocycles. The molecule has 0 spiro atoms. The molecule has 0 bridgehead atoms. The lowest BCUT2D eigenvalue weighted by atomic mass is 10.2. The van der Waals surface area contributed by atoms with Crippen LogP contribution in [0.4, 0.5) is 0 Å². The van der Waals surface area contributed by atoms with Gasteiger partial charge in [-0.2, -0.15) is 0 Å². The molecule has 0 aliphatic carbocycles. The minimum atomic E-state index is 0.260. The third-order valence-electron chi connectivity index (χ3n) is 3.01. The number of hydrogen-bond donors (Lipinski definition) is 1.